The summed E-state index contributed by atoms with van der Waals surface area (Å²) in [5.74, 6) is 0.623. The maximum Gasteiger partial charge on any atom is 0.0865 e. The quantitative estimate of drug-likeness (QED) is 0.702. The van der Waals surface area contributed by atoms with E-state index >= 15 is 0 Å². The number of hydrogen-bond acceptors (Lipinski definition) is 4. The van der Waals surface area contributed by atoms with Gasteiger partial charge in [0.25, 0.3) is 0 Å². The van der Waals surface area contributed by atoms with E-state index in [4.69, 9.17) is 0 Å². The van der Waals surface area contributed by atoms with E-state index < -0.39 is 0 Å². The molecule has 5 nitrogen and oxygen atoms in total. The van der Waals surface area contributed by atoms with Crippen molar-refractivity contribution in [3.05, 3.63) is 54.2 Å². The minimum absolute atomic E-state index is 0.623. The van der Waals surface area contributed by atoms with E-state index in [1.54, 1.807) is 6.20 Å². The van der Waals surface area contributed by atoms with Crippen LogP contribution in [-0.2, 0) is 0 Å². The minimum Gasteiger partial charge on any atom is -0.316 e. The lowest BCUT2D eigenvalue weighted by atomic mass is 9.92. The molecule has 1 aromatic heterocycles. The van der Waals surface area contributed by atoms with E-state index in [0.717, 1.165) is 35.4 Å². The average molecular weight is 305 g/mol. The predicted octanol–water partition coefficient (Wildman–Crippen LogP) is 4.45. The first-order chi connectivity index (χ1) is 11.4. The Balaban J connectivity index is 1.49. The molecule has 0 aliphatic carbocycles. The highest BCUT2D eigenvalue weighted by Crippen LogP contribution is 2.26. The Morgan fingerprint density at radius 3 is 2.65 bits per heavy atom. The molecular formula is C18H19N5. The largest absolute Gasteiger partial charge is 0.316 e. The van der Waals surface area contributed by atoms with E-state index in [9.17, 15) is 0 Å². The van der Waals surface area contributed by atoms with Gasteiger partial charge in [-0.25, -0.2) is 0 Å². The van der Waals surface area contributed by atoms with Gasteiger partial charge in [-0.05, 0) is 61.2 Å². The van der Waals surface area contributed by atoms with Crippen LogP contribution in [0.4, 0.5) is 11.4 Å². The number of hydrogen-bond donors (Lipinski definition) is 2. The fourth-order valence-corrected chi connectivity index (χ4v) is 3.06. The van der Waals surface area contributed by atoms with E-state index in [0.29, 0.717) is 5.92 Å². The summed E-state index contributed by atoms with van der Waals surface area (Å²) in [5, 5.41) is 20.1. The molecular weight excluding hydrogens is 286 g/mol. The molecule has 1 fully saturated rings. The number of fused-ring (bicyclic) bond motifs is 1. The Labute approximate surface area is 134 Å². The maximum atomic E-state index is 4.33. The molecule has 2 N–H and O–H groups in total. The van der Waals surface area contributed by atoms with Crippen molar-refractivity contribution in [1.29, 1.82) is 0 Å². The van der Waals surface area contributed by atoms with Gasteiger partial charge in [-0.3, -0.25) is 5.10 Å². The van der Waals surface area contributed by atoms with Crippen LogP contribution in [0.2, 0.25) is 0 Å². The Morgan fingerprint density at radius 1 is 1.00 bits per heavy atom. The van der Waals surface area contributed by atoms with Crippen LogP contribution in [0.5, 0.6) is 0 Å². The van der Waals surface area contributed by atoms with Crippen LogP contribution in [0.15, 0.2) is 58.9 Å². The molecule has 2 aromatic carbocycles. The highest BCUT2D eigenvalue weighted by Gasteiger charge is 2.14. The third-order valence-electron chi connectivity index (χ3n) is 4.37. The predicted molar refractivity (Wildman–Crippen MR) is 91.6 cm³/mol. The van der Waals surface area contributed by atoms with Gasteiger partial charge in [0.2, 0.25) is 0 Å². The molecule has 1 unspecified atom stereocenters. The molecule has 2 heterocycles. The van der Waals surface area contributed by atoms with Gasteiger partial charge in [0.1, 0.15) is 0 Å². The molecule has 0 bridgehead atoms. The summed E-state index contributed by atoms with van der Waals surface area (Å²) in [6, 6.07) is 14.3. The monoisotopic (exact) mass is 305 g/mol. The number of benzene rings is 2. The zero-order chi connectivity index (χ0) is 15.5. The Bertz CT molecular complexity index is 813. The van der Waals surface area contributed by atoms with Crippen molar-refractivity contribution in [2.24, 2.45) is 10.2 Å². The van der Waals surface area contributed by atoms with E-state index in [2.05, 4.69) is 37.9 Å². The van der Waals surface area contributed by atoms with Crippen molar-refractivity contribution in [3.63, 3.8) is 0 Å². The van der Waals surface area contributed by atoms with Crippen LogP contribution >= 0.6 is 0 Å². The SMILES string of the molecule is c1cc(C2CCCNC2)ccc1N=Nc1ccc2[nH]ncc2c1. The highest BCUT2D eigenvalue weighted by atomic mass is 15.1. The van der Waals surface area contributed by atoms with Crippen LogP contribution in [0.1, 0.15) is 24.3 Å². The number of aromatic amines is 1. The van der Waals surface area contributed by atoms with Crippen molar-refractivity contribution in [2.75, 3.05) is 13.1 Å². The summed E-state index contributed by atoms with van der Waals surface area (Å²) < 4.78 is 0. The van der Waals surface area contributed by atoms with Crippen LogP contribution < -0.4 is 5.32 Å². The molecule has 3 aromatic rings. The van der Waals surface area contributed by atoms with Crippen LogP contribution in [0, 0.1) is 0 Å². The van der Waals surface area contributed by atoms with Crippen molar-refractivity contribution >= 4 is 22.3 Å². The lowest BCUT2D eigenvalue weighted by Gasteiger charge is -2.23. The summed E-state index contributed by atoms with van der Waals surface area (Å²) in [6.07, 6.45) is 4.31. The van der Waals surface area contributed by atoms with Crippen molar-refractivity contribution in [2.45, 2.75) is 18.8 Å². The summed E-state index contributed by atoms with van der Waals surface area (Å²) in [5.41, 5.74) is 4.11. The van der Waals surface area contributed by atoms with Gasteiger partial charge in [0, 0.05) is 11.9 Å². The summed E-state index contributed by atoms with van der Waals surface area (Å²) in [4.78, 5) is 0. The molecule has 1 aliphatic rings. The molecule has 0 radical (unpaired) electrons. The summed E-state index contributed by atoms with van der Waals surface area (Å²) in [6.45, 7) is 2.22. The highest BCUT2D eigenvalue weighted by molar-refractivity contribution is 5.80. The minimum atomic E-state index is 0.623. The number of rotatable bonds is 3. The number of piperidine rings is 1. The van der Waals surface area contributed by atoms with Gasteiger partial charge < -0.3 is 5.32 Å². The zero-order valence-electron chi connectivity index (χ0n) is 12.9. The third kappa shape index (κ3) is 3.14. The lowest BCUT2D eigenvalue weighted by molar-refractivity contribution is 0.461. The topological polar surface area (TPSA) is 65.4 Å². The second-order valence-corrected chi connectivity index (χ2v) is 5.98. The first kappa shape index (κ1) is 14.1. The Morgan fingerprint density at radius 2 is 1.83 bits per heavy atom. The van der Waals surface area contributed by atoms with Gasteiger partial charge in [-0.1, -0.05) is 12.1 Å². The number of H-pyrrole nitrogens is 1. The summed E-state index contributed by atoms with van der Waals surface area (Å²) in [7, 11) is 0. The van der Waals surface area contributed by atoms with Crippen LogP contribution in [0.3, 0.4) is 0 Å². The first-order valence-corrected chi connectivity index (χ1v) is 8.04. The average Bonchev–Trinajstić information content (AvgIpc) is 3.09. The number of azo groups is 1. The second kappa shape index (κ2) is 6.30. The maximum absolute atomic E-state index is 4.33. The first-order valence-electron chi connectivity index (χ1n) is 8.04. The Kier molecular flexibility index (Phi) is 3.86. The molecule has 0 spiro atoms. The lowest BCUT2D eigenvalue weighted by Crippen LogP contribution is -2.28. The van der Waals surface area contributed by atoms with Crippen molar-refractivity contribution < 1.29 is 0 Å². The van der Waals surface area contributed by atoms with Gasteiger partial charge in [0.05, 0.1) is 23.1 Å². The molecule has 23 heavy (non-hydrogen) atoms. The fourth-order valence-electron chi connectivity index (χ4n) is 3.06. The molecule has 1 atom stereocenters. The normalized spacial score (nSPS) is 18.7. The van der Waals surface area contributed by atoms with Crippen molar-refractivity contribution in [1.82, 2.24) is 15.5 Å². The van der Waals surface area contributed by atoms with Crippen LogP contribution in [-0.4, -0.2) is 23.3 Å². The fraction of sp³-hybridized carbons (Fsp3) is 0.278. The number of aromatic nitrogens is 2. The number of nitrogens with zero attached hydrogens (tertiary/aromatic N) is 3. The number of nitrogens with one attached hydrogen (secondary N) is 2. The molecule has 4 rings (SSSR count). The van der Waals surface area contributed by atoms with Crippen molar-refractivity contribution in [3.8, 4) is 0 Å². The smallest absolute Gasteiger partial charge is 0.0865 e. The second-order valence-electron chi connectivity index (χ2n) is 5.98. The van der Waals surface area contributed by atoms with E-state index in [1.165, 1.54) is 18.4 Å². The van der Waals surface area contributed by atoms with Gasteiger partial charge in [-0.15, -0.1) is 0 Å². The molecule has 5 heteroatoms. The summed E-state index contributed by atoms with van der Waals surface area (Å²) >= 11 is 0. The molecule has 116 valence electrons. The van der Waals surface area contributed by atoms with Gasteiger partial charge in [-0.2, -0.15) is 15.3 Å². The van der Waals surface area contributed by atoms with Gasteiger partial charge >= 0.3 is 0 Å². The van der Waals surface area contributed by atoms with Crippen LogP contribution in [0.25, 0.3) is 10.9 Å². The standard InChI is InChI=1S/C18H19N5/c1-2-14(11-19-9-1)13-3-5-16(6-4-13)21-22-17-7-8-18-15(10-17)12-20-23-18/h3-8,10,12,14,19H,1-2,9,11H2,(H,20,23). The molecule has 0 saturated carbocycles. The zero-order valence-corrected chi connectivity index (χ0v) is 12.9. The molecule has 0 amide bonds. The van der Waals surface area contributed by atoms with E-state index in [-0.39, 0.29) is 0 Å². The Hall–Kier alpha value is -2.53. The third-order valence-corrected chi connectivity index (χ3v) is 4.37. The molecule has 1 saturated heterocycles. The molecule has 1 aliphatic heterocycles. The van der Waals surface area contributed by atoms with E-state index in [1.807, 2.05) is 30.3 Å². The van der Waals surface area contributed by atoms with Gasteiger partial charge in [0.15, 0.2) is 0 Å².